The lowest BCUT2D eigenvalue weighted by Crippen LogP contribution is -2.16. The summed E-state index contributed by atoms with van der Waals surface area (Å²) in [6.45, 7) is 6.41. The van der Waals surface area contributed by atoms with Crippen LogP contribution in [0.25, 0.3) is 5.57 Å². The molecule has 0 spiro atoms. The average molecular weight is 191 g/mol. The first-order valence-corrected chi connectivity index (χ1v) is 4.73. The monoisotopic (exact) mass is 191 g/mol. The summed E-state index contributed by atoms with van der Waals surface area (Å²) in [5, 5.41) is 12.7. The fourth-order valence-electron chi connectivity index (χ4n) is 1.32. The maximum atomic E-state index is 9.73. The van der Waals surface area contributed by atoms with E-state index in [0.717, 1.165) is 16.7 Å². The Morgan fingerprint density at radius 3 is 2.86 bits per heavy atom. The third-order valence-corrected chi connectivity index (χ3v) is 2.16. The highest BCUT2D eigenvalue weighted by atomic mass is 16.3. The number of benzene rings is 1. The summed E-state index contributed by atoms with van der Waals surface area (Å²) >= 11 is 0. The van der Waals surface area contributed by atoms with Gasteiger partial charge in [0.05, 0.1) is 6.10 Å². The second-order valence-electron chi connectivity index (χ2n) is 3.48. The molecule has 2 nitrogen and oxygen atoms in total. The maximum absolute atomic E-state index is 9.73. The molecule has 1 aromatic rings. The number of rotatable bonds is 4. The molecule has 2 N–H and O–H groups in total. The van der Waals surface area contributed by atoms with Crippen molar-refractivity contribution in [2.75, 3.05) is 13.6 Å². The quantitative estimate of drug-likeness (QED) is 0.762. The van der Waals surface area contributed by atoms with Crippen LogP contribution in [0.4, 0.5) is 0 Å². The Morgan fingerprint density at radius 1 is 1.57 bits per heavy atom. The largest absolute Gasteiger partial charge is 0.387 e. The molecule has 0 aromatic heterocycles. The molecule has 14 heavy (non-hydrogen) atoms. The third-order valence-electron chi connectivity index (χ3n) is 2.16. The zero-order valence-corrected chi connectivity index (χ0v) is 8.75. The summed E-state index contributed by atoms with van der Waals surface area (Å²) < 4.78 is 0. The number of nitrogens with one attached hydrogen (secondary N) is 1. The van der Waals surface area contributed by atoms with E-state index in [1.165, 1.54) is 0 Å². The van der Waals surface area contributed by atoms with Gasteiger partial charge in [0.2, 0.25) is 0 Å². The van der Waals surface area contributed by atoms with E-state index in [-0.39, 0.29) is 0 Å². The van der Waals surface area contributed by atoms with Gasteiger partial charge in [-0.15, -0.1) is 0 Å². The van der Waals surface area contributed by atoms with Crippen molar-refractivity contribution in [2.45, 2.75) is 13.0 Å². The summed E-state index contributed by atoms with van der Waals surface area (Å²) in [5.41, 5.74) is 3.03. The van der Waals surface area contributed by atoms with E-state index in [0.29, 0.717) is 6.54 Å². The predicted octanol–water partition coefficient (Wildman–Crippen LogP) is 1.97. The highest BCUT2D eigenvalue weighted by Gasteiger charge is 2.06. The Bertz CT molecular complexity index is 320. The SMILES string of the molecule is C=C(C)c1cccc(C(O)CNC)c1. The van der Waals surface area contributed by atoms with Crippen LogP contribution in [-0.4, -0.2) is 18.7 Å². The van der Waals surface area contributed by atoms with Gasteiger partial charge in [0.25, 0.3) is 0 Å². The van der Waals surface area contributed by atoms with Crippen molar-refractivity contribution in [1.29, 1.82) is 0 Å². The van der Waals surface area contributed by atoms with Gasteiger partial charge in [-0.05, 0) is 31.2 Å². The molecule has 0 amide bonds. The first-order valence-electron chi connectivity index (χ1n) is 4.73. The summed E-state index contributed by atoms with van der Waals surface area (Å²) in [5.74, 6) is 0. The van der Waals surface area contributed by atoms with Gasteiger partial charge in [0.15, 0.2) is 0 Å². The van der Waals surface area contributed by atoms with Gasteiger partial charge in [-0.3, -0.25) is 0 Å². The van der Waals surface area contributed by atoms with Crippen LogP contribution in [0.1, 0.15) is 24.2 Å². The van der Waals surface area contributed by atoms with E-state index in [1.54, 1.807) is 0 Å². The van der Waals surface area contributed by atoms with Gasteiger partial charge in [0, 0.05) is 6.54 Å². The lowest BCUT2D eigenvalue weighted by Gasteiger charge is -2.11. The molecular formula is C12H17NO. The molecule has 0 saturated carbocycles. The van der Waals surface area contributed by atoms with E-state index >= 15 is 0 Å². The number of aliphatic hydroxyl groups excluding tert-OH is 1. The molecule has 2 heteroatoms. The van der Waals surface area contributed by atoms with Crippen LogP contribution in [-0.2, 0) is 0 Å². The van der Waals surface area contributed by atoms with Crippen LogP contribution in [0.5, 0.6) is 0 Å². The molecule has 0 fully saturated rings. The minimum atomic E-state index is -0.445. The van der Waals surface area contributed by atoms with E-state index in [1.807, 2.05) is 38.2 Å². The van der Waals surface area contributed by atoms with Crippen molar-refractivity contribution in [3.63, 3.8) is 0 Å². The Morgan fingerprint density at radius 2 is 2.29 bits per heavy atom. The lowest BCUT2D eigenvalue weighted by molar-refractivity contribution is 0.178. The average Bonchev–Trinajstić information content (AvgIpc) is 2.18. The number of allylic oxidation sites excluding steroid dienone is 1. The van der Waals surface area contributed by atoms with Crippen molar-refractivity contribution in [2.24, 2.45) is 0 Å². The van der Waals surface area contributed by atoms with E-state index in [9.17, 15) is 5.11 Å². The summed E-state index contributed by atoms with van der Waals surface area (Å²) in [6.07, 6.45) is -0.445. The third kappa shape index (κ3) is 2.69. The second kappa shape index (κ2) is 4.94. The van der Waals surface area contributed by atoms with Crippen LogP contribution in [0, 0.1) is 0 Å². The molecule has 0 radical (unpaired) electrons. The van der Waals surface area contributed by atoms with Crippen LogP contribution in [0.2, 0.25) is 0 Å². The molecular weight excluding hydrogens is 174 g/mol. The van der Waals surface area contributed by atoms with Crippen LogP contribution < -0.4 is 5.32 Å². The highest BCUT2D eigenvalue weighted by molar-refractivity contribution is 5.61. The Balaban J connectivity index is 2.87. The topological polar surface area (TPSA) is 32.3 Å². The van der Waals surface area contributed by atoms with E-state index in [2.05, 4.69) is 11.9 Å². The van der Waals surface area contributed by atoms with Crippen molar-refractivity contribution < 1.29 is 5.11 Å². The molecule has 76 valence electrons. The molecule has 0 saturated heterocycles. The first kappa shape index (κ1) is 11.0. The molecule has 1 rings (SSSR count). The zero-order chi connectivity index (χ0) is 10.6. The molecule has 1 atom stereocenters. The van der Waals surface area contributed by atoms with Gasteiger partial charge >= 0.3 is 0 Å². The molecule has 0 bridgehead atoms. The maximum Gasteiger partial charge on any atom is 0.0914 e. The van der Waals surface area contributed by atoms with E-state index < -0.39 is 6.10 Å². The molecule has 1 unspecified atom stereocenters. The normalized spacial score (nSPS) is 12.5. The molecule has 0 aliphatic carbocycles. The predicted molar refractivity (Wildman–Crippen MR) is 60.0 cm³/mol. The standard InChI is InChI=1S/C12H17NO/c1-9(2)10-5-4-6-11(7-10)12(14)8-13-3/h4-7,12-14H,1,8H2,2-3H3. The Kier molecular flexibility index (Phi) is 3.86. The van der Waals surface area contributed by atoms with Crippen LogP contribution >= 0.6 is 0 Å². The summed E-state index contributed by atoms with van der Waals surface area (Å²) in [4.78, 5) is 0. The number of hydrogen-bond acceptors (Lipinski definition) is 2. The van der Waals surface area contributed by atoms with Crippen molar-refractivity contribution in [1.82, 2.24) is 5.32 Å². The number of likely N-dealkylation sites (N-methyl/N-ethyl adjacent to an activating group) is 1. The smallest absolute Gasteiger partial charge is 0.0914 e. The molecule has 1 aromatic carbocycles. The van der Waals surface area contributed by atoms with Crippen molar-refractivity contribution in [3.8, 4) is 0 Å². The molecule has 0 aliphatic heterocycles. The highest BCUT2D eigenvalue weighted by Crippen LogP contribution is 2.18. The summed E-state index contributed by atoms with van der Waals surface area (Å²) in [6, 6.07) is 7.84. The van der Waals surface area contributed by atoms with Crippen molar-refractivity contribution >= 4 is 5.57 Å². The van der Waals surface area contributed by atoms with Gasteiger partial charge in [-0.2, -0.15) is 0 Å². The lowest BCUT2D eigenvalue weighted by atomic mass is 10.0. The van der Waals surface area contributed by atoms with Gasteiger partial charge in [-0.25, -0.2) is 0 Å². The number of hydrogen-bond donors (Lipinski definition) is 2. The fourth-order valence-corrected chi connectivity index (χ4v) is 1.32. The van der Waals surface area contributed by atoms with Gasteiger partial charge in [0.1, 0.15) is 0 Å². The van der Waals surface area contributed by atoms with Crippen LogP contribution in [0.15, 0.2) is 30.8 Å². The van der Waals surface area contributed by atoms with Gasteiger partial charge < -0.3 is 10.4 Å². The zero-order valence-electron chi connectivity index (χ0n) is 8.75. The minimum Gasteiger partial charge on any atom is -0.387 e. The minimum absolute atomic E-state index is 0.445. The Labute approximate surface area is 85.3 Å². The number of aliphatic hydroxyl groups is 1. The van der Waals surface area contributed by atoms with E-state index in [4.69, 9.17) is 0 Å². The second-order valence-corrected chi connectivity index (χ2v) is 3.48. The first-order chi connectivity index (χ1) is 6.65. The van der Waals surface area contributed by atoms with Crippen LogP contribution in [0.3, 0.4) is 0 Å². The fraction of sp³-hybridized carbons (Fsp3) is 0.333. The Hall–Kier alpha value is -1.12. The van der Waals surface area contributed by atoms with Crippen molar-refractivity contribution in [3.05, 3.63) is 42.0 Å². The summed E-state index contributed by atoms with van der Waals surface area (Å²) in [7, 11) is 1.83. The molecule has 0 heterocycles. The van der Waals surface area contributed by atoms with Gasteiger partial charge in [-0.1, -0.05) is 30.4 Å². The molecule has 0 aliphatic rings.